The van der Waals surface area contributed by atoms with Crippen LogP contribution in [0.3, 0.4) is 0 Å². The normalized spacial score (nSPS) is 14.0. The zero-order valence-corrected chi connectivity index (χ0v) is 23.3. The van der Waals surface area contributed by atoms with E-state index >= 15 is 0 Å². The van der Waals surface area contributed by atoms with Gasteiger partial charge in [0.2, 0.25) is 0 Å². The molecule has 0 radical (unpaired) electrons. The van der Waals surface area contributed by atoms with E-state index in [1.165, 1.54) is 35.6 Å². The van der Waals surface area contributed by atoms with Crippen molar-refractivity contribution in [3.8, 4) is 0 Å². The molecule has 0 heterocycles. The summed E-state index contributed by atoms with van der Waals surface area (Å²) in [6, 6.07) is 11.1. The molecule has 0 atom stereocenters. The number of nitrogens with one attached hydrogen (secondary N) is 2. The minimum Gasteiger partial charge on any atom is -0.386 e. The first kappa shape index (κ1) is 28.1. The van der Waals surface area contributed by atoms with Gasteiger partial charge in [0.15, 0.2) is 0 Å². The van der Waals surface area contributed by atoms with Crippen LogP contribution in [0, 0.1) is 0 Å². The van der Waals surface area contributed by atoms with E-state index in [0.717, 1.165) is 38.8 Å². The van der Waals surface area contributed by atoms with E-state index in [2.05, 4.69) is 112 Å². The van der Waals surface area contributed by atoms with Crippen LogP contribution in [0.2, 0.25) is 0 Å². The van der Waals surface area contributed by atoms with E-state index in [9.17, 15) is 0 Å². The highest BCUT2D eigenvalue weighted by atomic mass is 15.2. The summed E-state index contributed by atoms with van der Waals surface area (Å²) in [5, 5.41) is 7.40. The van der Waals surface area contributed by atoms with Crippen molar-refractivity contribution in [3.63, 3.8) is 0 Å². The van der Waals surface area contributed by atoms with Crippen molar-refractivity contribution in [2.24, 2.45) is 0 Å². The Kier molecular flexibility index (Phi) is 11.9. The van der Waals surface area contributed by atoms with Crippen molar-refractivity contribution in [1.82, 2.24) is 10.2 Å². The molecule has 0 saturated heterocycles. The molecular weight excluding hydrogens is 416 g/mol. The summed E-state index contributed by atoms with van der Waals surface area (Å²) in [5.74, 6) is 0. The maximum atomic E-state index is 3.74. The minimum atomic E-state index is 0.461. The zero-order chi connectivity index (χ0) is 25.1. The van der Waals surface area contributed by atoms with Crippen LogP contribution < -0.4 is 15.5 Å². The highest BCUT2D eigenvalue weighted by Gasteiger charge is 2.19. The summed E-state index contributed by atoms with van der Waals surface area (Å²) in [6.07, 6.45) is 11.6. The van der Waals surface area contributed by atoms with E-state index in [-0.39, 0.29) is 0 Å². The van der Waals surface area contributed by atoms with Crippen molar-refractivity contribution in [1.29, 1.82) is 0 Å². The molecule has 1 aromatic rings. The standard InChI is InChI=1S/C30H52N4/c1-9-25(10-2)31-27-13-17-29(18-14-27)33(23(5)6)21-22-34(24(7)8)30-19-15-28(16-20-30)32-26(11-3)12-4/h13-15,17-19,23-26,31-32H,9-12,16,20-22H2,1-8H3. The van der Waals surface area contributed by atoms with Crippen LogP contribution in [-0.2, 0) is 0 Å². The fourth-order valence-electron chi connectivity index (χ4n) is 4.85. The summed E-state index contributed by atoms with van der Waals surface area (Å²) >= 11 is 0. The predicted molar refractivity (Wildman–Crippen MR) is 152 cm³/mol. The Morgan fingerprint density at radius 2 is 1.21 bits per heavy atom. The van der Waals surface area contributed by atoms with E-state index in [4.69, 9.17) is 0 Å². The molecule has 1 aliphatic carbocycles. The van der Waals surface area contributed by atoms with Crippen LogP contribution in [0.15, 0.2) is 47.8 Å². The van der Waals surface area contributed by atoms with E-state index in [1.54, 1.807) is 0 Å². The molecular formula is C30H52N4. The van der Waals surface area contributed by atoms with Gasteiger partial charge in [0.05, 0.1) is 0 Å². The Morgan fingerprint density at radius 1 is 0.676 bits per heavy atom. The van der Waals surface area contributed by atoms with Gasteiger partial charge in [0, 0.05) is 60.0 Å². The summed E-state index contributed by atoms with van der Waals surface area (Å²) in [5.41, 5.74) is 5.40. The smallest absolute Gasteiger partial charge is 0.0370 e. The van der Waals surface area contributed by atoms with Gasteiger partial charge in [-0.3, -0.25) is 0 Å². The number of benzene rings is 1. The second-order valence-corrected chi connectivity index (χ2v) is 10.3. The number of allylic oxidation sites excluding steroid dienone is 4. The van der Waals surface area contributed by atoms with Crippen molar-refractivity contribution in [2.45, 2.75) is 118 Å². The van der Waals surface area contributed by atoms with E-state index in [0.29, 0.717) is 24.2 Å². The van der Waals surface area contributed by atoms with Crippen molar-refractivity contribution < 1.29 is 0 Å². The Hall–Kier alpha value is -2.10. The molecule has 1 aliphatic rings. The molecule has 4 nitrogen and oxygen atoms in total. The highest BCUT2D eigenvalue weighted by molar-refractivity contribution is 5.56. The fourth-order valence-corrected chi connectivity index (χ4v) is 4.85. The first-order chi connectivity index (χ1) is 16.3. The summed E-state index contributed by atoms with van der Waals surface area (Å²) in [4.78, 5) is 5.14. The molecule has 0 unspecified atom stereocenters. The largest absolute Gasteiger partial charge is 0.386 e. The maximum absolute atomic E-state index is 3.74. The summed E-state index contributed by atoms with van der Waals surface area (Å²) < 4.78 is 0. The fraction of sp³-hybridized carbons (Fsp3) is 0.667. The molecule has 0 saturated carbocycles. The lowest BCUT2D eigenvalue weighted by Gasteiger charge is -2.37. The SMILES string of the molecule is CCC(CC)NC1=CC=C(N(CCN(c2ccc(NC(CC)CC)cc2)C(C)C)C(C)C)CC1. The molecule has 0 spiro atoms. The summed E-state index contributed by atoms with van der Waals surface area (Å²) in [7, 11) is 0. The second kappa shape index (κ2) is 14.3. The molecule has 1 aromatic carbocycles. The number of rotatable bonds is 15. The third kappa shape index (κ3) is 8.29. The van der Waals surface area contributed by atoms with Crippen molar-refractivity contribution in [2.75, 3.05) is 23.3 Å². The third-order valence-corrected chi connectivity index (χ3v) is 7.26. The van der Waals surface area contributed by atoms with Crippen molar-refractivity contribution in [3.05, 3.63) is 47.8 Å². The van der Waals surface area contributed by atoms with Crippen LogP contribution in [0.1, 0.15) is 93.9 Å². The maximum Gasteiger partial charge on any atom is 0.0370 e. The number of hydrogen-bond donors (Lipinski definition) is 2. The first-order valence-electron chi connectivity index (χ1n) is 13.9. The molecule has 2 rings (SSSR count). The van der Waals surface area contributed by atoms with E-state index < -0.39 is 0 Å². The first-order valence-corrected chi connectivity index (χ1v) is 13.9. The van der Waals surface area contributed by atoms with Gasteiger partial charge in [-0.25, -0.2) is 0 Å². The van der Waals surface area contributed by atoms with E-state index in [1.807, 2.05) is 0 Å². The van der Waals surface area contributed by atoms with Crippen LogP contribution in [0.5, 0.6) is 0 Å². The average Bonchev–Trinajstić information content (AvgIpc) is 2.84. The lowest BCUT2D eigenvalue weighted by molar-refractivity contribution is 0.275. The number of nitrogens with zero attached hydrogens (tertiary/aromatic N) is 2. The van der Waals surface area contributed by atoms with Crippen LogP contribution in [-0.4, -0.2) is 42.2 Å². The third-order valence-electron chi connectivity index (χ3n) is 7.26. The molecule has 192 valence electrons. The number of hydrogen-bond acceptors (Lipinski definition) is 4. The van der Waals surface area contributed by atoms with Gasteiger partial charge < -0.3 is 20.4 Å². The van der Waals surface area contributed by atoms with Gasteiger partial charge in [0.1, 0.15) is 0 Å². The van der Waals surface area contributed by atoms with Crippen LogP contribution in [0.25, 0.3) is 0 Å². The molecule has 4 heteroatoms. The van der Waals surface area contributed by atoms with Crippen molar-refractivity contribution >= 4 is 11.4 Å². The van der Waals surface area contributed by atoms with Crippen LogP contribution in [0.4, 0.5) is 11.4 Å². The molecule has 0 amide bonds. The van der Waals surface area contributed by atoms with Crippen LogP contribution >= 0.6 is 0 Å². The van der Waals surface area contributed by atoms with Gasteiger partial charge in [-0.05, 0) is 103 Å². The molecule has 34 heavy (non-hydrogen) atoms. The second-order valence-electron chi connectivity index (χ2n) is 10.3. The quantitative estimate of drug-likeness (QED) is 0.278. The molecule has 0 bridgehead atoms. The molecule has 2 N–H and O–H groups in total. The highest BCUT2D eigenvalue weighted by Crippen LogP contribution is 2.25. The molecule has 0 aliphatic heterocycles. The lowest BCUT2D eigenvalue weighted by Crippen LogP contribution is -2.41. The Labute approximate surface area is 210 Å². The summed E-state index contributed by atoms with van der Waals surface area (Å²) in [6.45, 7) is 20.3. The van der Waals surface area contributed by atoms with Gasteiger partial charge >= 0.3 is 0 Å². The monoisotopic (exact) mass is 468 g/mol. The Morgan fingerprint density at radius 3 is 1.68 bits per heavy atom. The number of anilines is 2. The van der Waals surface area contributed by atoms with Gasteiger partial charge in [-0.1, -0.05) is 27.7 Å². The average molecular weight is 469 g/mol. The lowest BCUT2D eigenvalue weighted by atomic mass is 10.0. The van der Waals surface area contributed by atoms with Gasteiger partial charge in [-0.2, -0.15) is 0 Å². The predicted octanol–water partition coefficient (Wildman–Crippen LogP) is 7.55. The molecule has 0 fully saturated rings. The van der Waals surface area contributed by atoms with Gasteiger partial charge in [0.25, 0.3) is 0 Å². The molecule has 0 aromatic heterocycles. The minimum absolute atomic E-state index is 0.461. The Balaban J connectivity index is 2.06. The Bertz CT molecular complexity index is 755. The van der Waals surface area contributed by atoms with Gasteiger partial charge in [-0.15, -0.1) is 0 Å². The zero-order valence-electron chi connectivity index (χ0n) is 23.3. The topological polar surface area (TPSA) is 30.5 Å².